The third-order valence-electron chi connectivity index (χ3n) is 2.71. The van der Waals surface area contributed by atoms with Gasteiger partial charge in [0.2, 0.25) is 0 Å². The van der Waals surface area contributed by atoms with Gasteiger partial charge in [0.05, 0.1) is 12.5 Å². The van der Waals surface area contributed by atoms with Crippen molar-refractivity contribution in [2.45, 2.75) is 25.8 Å². The number of aliphatic carboxylic acids is 1. The van der Waals surface area contributed by atoms with Crippen LogP contribution in [0.3, 0.4) is 0 Å². The van der Waals surface area contributed by atoms with E-state index in [4.69, 9.17) is 10.2 Å². The van der Waals surface area contributed by atoms with E-state index >= 15 is 0 Å². The Balaban J connectivity index is 2.22. The van der Waals surface area contributed by atoms with Crippen molar-refractivity contribution in [2.75, 3.05) is 6.61 Å². The smallest absolute Gasteiger partial charge is 0.308 e. The van der Waals surface area contributed by atoms with Crippen LogP contribution in [0.4, 0.5) is 0 Å². The molecule has 15 heavy (non-hydrogen) atoms. The maximum atomic E-state index is 10.9. The third-order valence-corrected chi connectivity index (χ3v) is 2.71. The Morgan fingerprint density at radius 3 is 3.00 bits per heavy atom. The van der Waals surface area contributed by atoms with Gasteiger partial charge in [0.25, 0.3) is 0 Å². The van der Waals surface area contributed by atoms with Gasteiger partial charge in [-0.25, -0.2) is 0 Å². The van der Waals surface area contributed by atoms with Gasteiger partial charge in [-0.3, -0.25) is 4.79 Å². The Kier molecular flexibility index (Phi) is 2.68. The second-order valence-electron chi connectivity index (χ2n) is 3.69. The molecule has 0 aromatic carbocycles. The zero-order valence-corrected chi connectivity index (χ0v) is 8.26. The fraction of sp³-hybridized carbons (Fsp3) is 0.667. The van der Waals surface area contributed by atoms with Crippen molar-refractivity contribution in [3.05, 3.63) is 11.6 Å². The van der Waals surface area contributed by atoms with Crippen molar-refractivity contribution in [3.8, 4) is 0 Å². The molecule has 2 heterocycles. The molecule has 1 aromatic rings. The van der Waals surface area contributed by atoms with E-state index in [-0.39, 0.29) is 12.5 Å². The highest BCUT2D eigenvalue weighted by molar-refractivity contribution is 5.70. The van der Waals surface area contributed by atoms with Crippen LogP contribution in [0.25, 0.3) is 0 Å². The lowest BCUT2D eigenvalue weighted by Crippen LogP contribution is -2.27. The number of hydrogen-bond donors (Lipinski definition) is 2. The number of aliphatic hydroxyl groups excluding tert-OH is 1. The summed E-state index contributed by atoms with van der Waals surface area (Å²) in [6, 6.07) is 0. The Hall–Kier alpha value is -1.43. The number of aliphatic hydroxyl groups is 1. The molecule has 82 valence electrons. The molecule has 0 spiro atoms. The summed E-state index contributed by atoms with van der Waals surface area (Å²) in [6.07, 6.45) is 1.70. The minimum absolute atomic E-state index is 0.00979. The van der Waals surface area contributed by atoms with E-state index in [1.165, 1.54) is 0 Å². The van der Waals surface area contributed by atoms with Crippen LogP contribution in [0.2, 0.25) is 0 Å². The van der Waals surface area contributed by atoms with Crippen molar-refractivity contribution in [3.63, 3.8) is 0 Å². The van der Waals surface area contributed by atoms with Gasteiger partial charge in [-0.05, 0) is 6.42 Å². The Labute approximate surface area is 86.6 Å². The van der Waals surface area contributed by atoms with E-state index < -0.39 is 5.97 Å². The summed E-state index contributed by atoms with van der Waals surface area (Å²) in [5, 5.41) is 25.7. The van der Waals surface area contributed by atoms with E-state index in [1.807, 2.05) is 4.57 Å². The summed E-state index contributed by atoms with van der Waals surface area (Å²) < 4.78 is 1.82. The first-order valence-corrected chi connectivity index (χ1v) is 4.97. The molecule has 1 unspecified atom stereocenters. The van der Waals surface area contributed by atoms with E-state index in [2.05, 4.69) is 10.2 Å². The van der Waals surface area contributed by atoms with Gasteiger partial charge >= 0.3 is 5.97 Å². The molecule has 2 N–H and O–H groups in total. The first-order valence-electron chi connectivity index (χ1n) is 4.97. The molecule has 1 atom stereocenters. The maximum Gasteiger partial charge on any atom is 0.308 e. The van der Waals surface area contributed by atoms with Crippen LogP contribution in [0.1, 0.15) is 18.1 Å². The van der Waals surface area contributed by atoms with Crippen LogP contribution in [0.15, 0.2) is 0 Å². The van der Waals surface area contributed by atoms with E-state index in [9.17, 15) is 4.79 Å². The zero-order chi connectivity index (χ0) is 10.8. The lowest BCUT2D eigenvalue weighted by Gasteiger charge is -2.20. The minimum atomic E-state index is -0.774. The highest BCUT2D eigenvalue weighted by Crippen LogP contribution is 2.20. The van der Waals surface area contributed by atoms with Crippen molar-refractivity contribution in [1.82, 2.24) is 14.8 Å². The first kappa shape index (κ1) is 10.1. The highest BCUT2D eigenvalue weighted by Gasteiger charge is 2.26. The molecule has 0 aliphatic carbocycles. The van der Waals surface area contributed by atoms with Crippen LogP contribution in [0, 0.1) is 5.92 Å². The molecule has 0 fully saturated rings. The second kappa shape index (κ2) is 3.98. The number of aromatic nitrogens is 3. The molecular formula is C9H13N3O3. The van der Waals surface area contributed by atoms with Crippen molar-refractivity contribution < 1.29 is 15.0 Å². The van der Waals surface area contributed by atoms with Gasteiger partial charge in [-0.15, -0.1) is 10.2 Å². The van der Waals surface area contributed by atoms with E-state index in [0.29, 0.717) is 31.6 Å². The molecule has 0 radical (unpaired) electrons. The number of fused-ring (bicyclic) bond motifs is 1. The van der Waals surface area contributed by atoms with Crippen LogP contribution in [-0.4, -0.2) is 37.6 Å². The molecule has 0 saturated carbocycles. The molecule has 1 aromatic heterocycles. The fourth-order valence-electron chi connectivity index (χ4n) is 1.87. The van der Waals surface area contributed by atoms with Crippen LogP contribution in [0.5, 0.6) is 0 Å². The lowest BCUT2D eigenvalue weighted by molar-refractivity contribution is -0.142. The van der Waals surface area contributed by atoms with Crippen molar-refractivity contribution in [2.24, 2.45) is 5.92 Å². The Morgan fingerprint density at radius 1 is 1.53 bits per heavy atom. The number of carboxylic acids is 1. The quantitative estimate of drug-likeness (QED) is 0.701. The zero-order valence-electron chi connectivity index (χ0n) is 8.26. The van der Waals surface area contributed by atoms with Gasteiger partial charge in [-0.2, -0.15) is 0 Å². The van der Waals surface area contributed by atoms with Crippen molar-refractivity contribution >= 4 is 5.97 Å². The average Bonchev–Trinajstić information content (AvgIpc) is 2.61. The average molecular weight is 211 g/mol. The normalized spacial score (nSPS) is 19.9. The SMILES string of the molecule is O=C(O)C1CCc2nnc(CCO)n2C1. The predicted octanol–water partition coefficient (Wildman–Crippen LogP) is -0.540. The second-order valence-corrected chi connectivity index (χ2v) is 3.69. The number of aryl methyl sites for hydroxylation is 1. The Bertz CT molecular complexity index is 375. The first-order chi connectivity index (χ1) is 7.22. The van der Waals surface area contributed by atoms with Crippen LogP contribution >= 0.6 is 0 Å². The van der Waals surface area contributed by atoms with E-state index in [1.54, 1.807) is 0 Å². The number of hydrogen-bond acceptors (Lipinski definition) is 4. The summed E-state index contributed by atoms with van der Waals surface area (Å²) in [5.41, 5.74) is 0. The third kappa shape index (κ3) is 1.85. The van der Waals surface area contributed by atoms with E-state index in [0.717, 1.165) is 5.82 Å². The molecule has 0 amide bonds. The maximum absolute atomic E-state index is 10.9. The molecule has 1 aliphatic heterocycles. The standard InChI is InChI=1S/C9H13N3O3/c13-4-3-8-11-10-7-2-1-6(9(14)15)5-12(7)8/h6,13H,1-5H2,(H,14,15). The minimum Gasteiger partial charge on any atom is -0.481 e. The monoisotopic (exact) mass is 211 g/mol. The summed E-state index contributed by atoms with van der Waals surface area (Å²) in [5.74, 6) is 0.379. The van der Waals surface area contributed by atoms with Crippen molar-refractivity contribution in [1.29, 1.82) is 0 Å². The summed E-state index contributed by atoms with van der Waals surface area (Å²) in [4.78, 5) is 10.9. The van der Waals surface area contributed by atoms with Crippen LogP contribution in [-0.2, 0) is 24.2 Å². The summed E-state index contributed by atoms with van der Waals surface area (Å²) in [6.45, 7) is 0.433. The molecular weight excluding hydrogens is 198 g/mol. The predicted molar refractivity (Wildman–Crippen MR) is 50.3 cm³/mol. The topological polar surface area (TPSA) is 88.2 Å². The van der Waals surface area contributed by atoms with Crippen LogP contribution < -0.4 is 0 Å². The molecule has 0 bridgehead atoms. The van der Waals surface area contributed by atoms with Gasteiger partial charge in [-0.1, -0.05) is 0 Å². The fourth-order valence-corrected chi connectivity index (χ4v) is 1.87. The van der Waals surface area contributed by atoms with Gasteiger partial charge < -0.3 is 14.8 Å². The molecule has 6 heteroatoms. The molecule has 1 aliphatic rings. The lowest BCUT2D eigenvalue weighted by atomic mass is 9.99. The summed E-state index contributed by atoms with van der Waals surface area (Å²) in [7, 11) is 0. The largest absolute Gasteiger partial charge is 0.481 e. The number of rotatable bonds is 3. The molecule has 0 saturated heterocycles. The highest BCUT2D eigenvalue weighted by atomic mass is 16.4. The molecule has 2 rings (SSSR count). The number of carboxylic acid groups (broad SMARTS) is 1. The van der Waals surface area contributed by atoms with Gasteiger partial charge in [0.1, 0.15) is 11.6 Å². The number of nitrogens with zero attached hydrogens (tertiary/aromatic N) is 3. The van der Waals surface area contributed by atoms with Gasteiger partial charge in [0.15, 0.2) is 0 Å². The van der Waals surface area contributed by atoms with Gasteiger partial charge in [0, 0.05) is 19.4 Å². The molecule has 6 nitrogen and oxygen atoms in total. The number of carbonyl (C=O) groups is 1. The summed E-state index contributed by atoms with van der Waals surface area (Å²) >= 11 is 0. The Morgan fingerprint density at radius 2 is 2.33 bits per heavy atom.